The van der Waals surface area contributed by atoms with Crippen molar-refractivity contribution in [3.8, 4) is 11.3 Å². The molecule has 1 atom stereocenters. The Balaban J connectivity index is 1.85. The van der Waals surface area contributed by atoms with Crippen molar-refractivity contribution in [2.24, 2.45) is 0 Å². The van der Waals surface area contributed by atoms with E-state index in [0.717, 1.165) is 5.56 Å². The van der Waals surface area contributed by atoms with Crippen LogP contribution in [0, 0.1) is 0 Å². The number of nitrogens with zero attached hydrogens (tertiary/aromatic N) is 2. The smallest absolute Gasteiger partial charge is 0.237 e. The second kappa shape index (κ2) is 5.57. The van der Waals surface area contributed by atoms with Crippen molar-refractivity contribution in [3.05, 3.63) is 35.4 Å². The van der Waals surface area contributed by atoms with Crippen molar-refractivity contribution >= 4 is 43.1 Å². The van der Waals surface area contributed by atoms with Gasteiger partial charge in [-0.15, -0.1) is 0 Å². The van der Waals surface area contributed by atoms with Gasteiger partial charge in [0.25, 0.3) is 0 Å². The van der Waals surface area contributed by atoms with Crippen LogP contribution in [-0.2, 0) is 13.8 Å². The minimum absolute atomic E-state index is 0.0417. The molecule has 2 heterocycles. The zero-order chi connectivity index (χ0) is 15.9. The van der Waals surface area contributed by atoms with Crippen LogP contribution in [0.3, 0.4) is 0 Å². The third-order valence-electron chi connectivity index (χ3n) is 3.39. The van der Waals surface area contributed by atoms with Gasteiger partial charge in [-0.3, -0.25) is 9.69 Å². The number of halogens is 2. The quantitative estimate of drug-likeness (QED) is 0.786. The van der Waals surface area contributed by atoms with Gasteiger partial charge in [0, 0.05) is 40.3 Å². The van der Waals surface area contributed by atoms with E-state index in [1.165, 1.54) is 4.90 Å². The SMILES string of the molecule is O=C1CC(S(=O)(=O)Cl)CN1c1cc(-c2ccc(Cl)cc2)no1. The van der Waals surface area contributed by atoms with Gasteiger partial charge in [0.2, 0.25) is 20.8 Å². The first-order valence-corrected chi connectivity index (χ1v) is 9.06. The summed E-state index contributed by atoms with van der Waals surface area (Å²) in [6.07, 6.45) is -0.164. The lowest BCUT2D eigenvalue weighted by molar-refractivity contribution is -0.117. The minimum atomic E-state index is -3.79. The summed E-state index contributed by atoms with van der Waals surface area (Å²) in [4.78, 5) is 13.2. The van der Waals surface area contributed by atoms with E-state index in [9.17, 15) is 13.2 Å². The topological polar surface area (TPSA) is 80.5 Å². The van der Waals surface area contributed by atoms with E-state index >= 15 is 0 Å². The van der Waals surface area contributed by atoms with Gasteiger partial charge in [-0.25, -0.2) is 8.42 Å². The monoisotopic (exact) mass is 360 g/mol. The van der Waals surface area contributed by atoms with Gasteiger partial charge in [-0.05, 0) is 12.1 Å². The Labute approximate surface area is 136 Å². The number of carbonyl (C=O) groups excluding carboxylic acids is 1. The molecule has 0 spiro atoms. The summed E-state index contributed by atoms with van der Waals surface area (Å²) in [5.74, 6) is -0.175. The van der Waals surface area contributed by atoms with Gasteiger partial charge >= 0.3 is 0 Å². The molecule has 1 fully saturated rings. The lowest BCUT2D eigenvalue weighted by atomic mass is 10.1. The number of anilines is 1. The van der Waals surface area contributed by atoms with Crippen LogP contribution in [0.25, 0.3) is 11.3 Å². The predicted octanol–water partition coefficient (Wildman–Crippen LogP) is 2.67. The summed E-state index contributed by atoms with van der Waals surface area (Å²) in [6.45, 7) is -0.0417. The summed E-state index contributed by atoms with van der Waals surface area (Å²) in [6, 6.07) is 8.53. The Morgan fingerprint density at radius 3 is 2.55 bits per heavy atom. The zero-order valence-corrected chi connectivity index (χ0v) is 13.4. The molecule has 1 aliphatic rings. The maximum Gasteiger partial charge on any atom is 0.237 e. The van der Waals surface area contributed by atoms with Crippen LogP contribution in [0.2, 0.25) is 5.02 Å². The Morgan fingerprint density at radius 1 is 1.27 bits per heavy atom. The van der Waals surface area contributed by atoms with Crippen LogP contribution >= 0.6 is 22.3 Å². The van der Waals surface area contributed by atoms with Crippen LogP contribution in [0.4, 0.5) is 5.88 Å². The summed E-state index contributed by atoms with van der Waals surface area (Å²) in [5, 5.41) is 3.54. The molecule has 1 aliphatic heterocycles. The van der Waals surface area contributed by atoms with Gasteiger partial charge in [0.15, 0.2) is 0 Å². The third kappa shape index (κ3) is 2.97. The van der Waals surface area contributed by atoms with E-state index in [-0.39, 0.29) is 24.8 Å². The Kier molecular flexibility index (Phi) is 3.88. The van der Waals surface area contributed by atoms with Crippen LogP contribution in [0.1, 0.15) is 6.42 Å². The molecule has 116 valence electrons. The number of hydrogen-bond donors (Lipinski definition) is 0. The molecule has 2 aromatic rings. The molecule has 1 aromatic heterocycles. The van der Waals surface area contributed by atoms with Gasteiger partial charge in [-0.1, -0.05) is 28.9 Å². The van der Waals surface area contributed by atoms with Crippen LogP contribution in [-0.4, -0.2) is 31.3 Å². The maximum absolute atomic E-state index is 11.9. The van der Waals surface area contributed by atoms with E-state index in [1.807, 2.05) is 0 Å². The number of carbonyl (C=O) groups is 1. The summed E-state index contributed by atoms with van der Waals surface area (Å²) in [7, 11) is 1.51. The maximum atomic E-state index is 11.9. The molecule has 0 radical (unpaired) electrons. The van der Waals surface area contributed by atoms with E-state index in [4.69, 9.17) is 26.8 Å². The largest absolute Gasteiger partial charge is 0.338 e. The molecule has 0 N–H and O–H groups in total. The molecule has 0 bridgehead atoms. The highest BCUT2D eigenvalue weighted by atomic mass is 35.7. The minimum Gasteiger partial charge on any atom is -0.338 e. The Bertz CT molecular complexity index is 817. The van der Waals surface area contributed by atoms with Gasteiger partial charge in [-0.2, -0.15) is 0 Å². The van der Waals surface area contributed by atoms with Crippen LogP contribution in [0.5, 0.6) is 0 Å². The molecular formula is C13H10Cl2N2O4S. The number of amides is 1. The standard InChI is InChI=1S/C13H10Cl2N2O4S/c14-9-3-1-8(2-4-9)11-6-13(21-16-11)17-7-10(5-12(17)18)22(15,19)20/h1-4,6,10H,5,7H2. The fourth-order valence-corrected chi connectivity index (χ4v) is 3.38. The van der Waals surface area contributed by atoms with E-state index in [1.54, 1.807) is 30.3 Å². The van der Waals surface area contributed by atoms with Crippen molar-refractivity contribution in [2.45, 2.75) is 11.7 Å². The van der Waals surface area contributed by atoms with E-state index < -0.39 is 14.3 Å². The van der Waals surface area contributed by atoms with Crippen molar-refractivity contribution in [1.82, 2.24) is 5.16 Å². The zero-order valence-electron chi connectivity index (χ0n) is 11.1. The molecule has 9 heteroatoms. The summed E-state index contributed by atoms with van der Waals surface area (Å²) >= 11 is 5.82. The van der Waals surface area contributed by atoms with Crippen molar-refractivity contribution in [1.29, 1.82) is 0 Å². The summed E-state index contributed by atoms with van der Waals surface area (Å²) < 4.78 is 27.8. The highest BCUT2D eigenvalue weighted by molar-refractivity contribution is 8.14. The predicted molar refractivity (Wildman–Crippen MR) is 82.5 cm³/mol. The van der Waals surface area contributed by atoms with Crippen LogP contribution in [0.15, 0.2) is 34.9 Å². The first-order valence-electron chi connectivity index (χ1n) is 6.31. The average molecular weight is 361 g/mol. The molecule has 1 amide bonds. The second-order valence-electron chi connectivity index (χ2n) is 4.86. The summed E-state index contributed by atoms with van der Waals surface area (Å²) in [5.41, 5.74) is 1.30. The molecule has 6 nitrogen and oxygen atoms in total. The van der Waals surface area contributed by atoms with E-state index in [0.29, 0.717) is 10.7 Å². The number of rotatable bonds is 3. The molecule has 1 aromatic carbocycles. The molecule has 0 aliphatic carbocycles. The molecule has 3 rings (SSSR count). The van der Waals surface area contributed by atoms with Gasteiger partial charge in [0.1, 0.15) is 10.9 Å². The van der Waals surface area contributed by atoms with Crippen molar-refractivity contribution < 1.29 is 17.7 Å². The number of benzene rings is 1. The molecule has 1 saturated heterocycles. The number of aromatic nitrogens is 1. The average Bonchev–Trinajstić information content (AvgIpc) is 3.05. The highest BCUT2D eigenvalue weighted by Gasteiger charge is 2.39. The first kappa shape index (κ1) is 15.3. The molecular weight excluding hydrogens is 351 g/mol. The molecule has 22 heavy (non-hydrogen) atoms. The molecule has 1 unspecified atom stereocenters. The Morgan fingerprint density at radius 2 is 1.95 bits per heavy atom. The van der Waals surface area contributed by atoms with Crippen molar-refractivity contribution in [3.63, 3.8) is 0 Å². The lowest BCUT2D eigenvalue weighted by Crippen LogP contribution is -2.26. The first-order chi connectivity index (χ1) is 10.3. The van der Waals surface area contributed by atoms with E-state index in [2.05, 4.69) is 5.16 Å². The lowest BCUT2D eigenvalue weighted by Gasteiger charge is -2.10. The number of hydrogen-bond acceptors (Lipinski definition) is 5. The Hall–Kier alpha value is -1.57. The van der Waals surface area contributed by atoms with Crippen LogP contribution < -0.4 is 4.90 Å². The van der Waals surface area contributed by atoms with Gasteiger partial charge in [0.05, 0.1) is 0 Å². The fourth-order valence-electron chi connectivity index (χ4n) is 2.23. The third-order valence-corrected chi connectivity index (χ3v) is 5.51. The highest BCUT2D eigenvalue weighted by Crippen LogP contribution is 2.30. The fraction of sp³-hybridized carbons (Fsp3) is 0.231. The van der Waals surface area contributed by atoms with Crippen molar-refractivity contribution in [2.75, 3.05) is 11.4 Å². The molecule has 0 saturated carbocycles. The van der Waals surface area contributed by atoms with Gasteiger partial charge < -0.3 is 4.52 Å². The second-order valence-corrected chi connectivity index (χ2v) is 8.21. The normalized spacial score (nSPS) is 18.9.